The van der Waals surface area contributed by atoms with Gasteiger partial charge in [-0.2, -0.15) is 5.26 Å². The smallest absolute Gasteiger partial charge is 0.146 e. The maximum absolute atomic E-state index is 13.4. The van der Waals surface area contributed by atoms with Crippen LogP contribution in [-0.4, -0.2) is 6.54 Å². The largest absolute Gasteiger partial charge is 0.382 e. The van der Waals surface area contributed by atoms with Crippen LogP contribution < -0.4 is 5.32 Å². The molecule has 1 aromatic rings. The summed E-state index contributed by atoms with van der Waals surface area (Å²) in [5, 5.41) is 12.2. The highest BCUT2D eigenvalue weighted by Gasteiger charge is 2.42. The first-order chi connectivity index (χ1) is 7.65. The van der Waals surface area contributed by atoms with Crippen molar-refractivity contribution in [2.24, 2.45) is 5.41 Å². The minimum Gasteiger partial charge on any atom is -0.382 e. The van der Waals surface area contributed by atoms with Crippen molar-refractivity contribution in [2.75, 3.05) is 11.9 Å². The fourth-order valence-electron chi connectivity index (χ4n) is 1.68. The molecule has 1 aromatic carbocycles. The zero-order valence-corrected chi connectivity index (χ0v) is 9.52. The summed E-state index contributed by atoms with van der Waals surface area (Å²) in [5.74, 6) is -0.308. The molecule has 1 N–H and O–H groups in total. The third-order valence-corrected chi connectivity index (χ3v) is 3.23. The lowest BCUT2D eigenvalue weighted by atomic mass is 10.0. The van der Waals surface area contributed by atoms with E-state index in [4.69, 9.17) is 16.9 Å². The van der Waals surface area contributed by atoms with Gasteiger partial charge in [-0.1, -0.05) is 11.6 Å². The van der Waals surface area contributed by atoms with Crippen molar-refractivity contribution < 1.29 is 4.39 Å². The number of nitrogens with zero attached hydrogens (tertiary/aromatic N) is 1. The van der Waals surface area contributed by atoms with E-state index in [0.717, 1.165) is 12.8 Å². The Morgan fingerprint density at radius 3 is 2.88 bits per heavy atom. The van der Waals surface area contributed by atoms with Crippen LogP contribution in [0.2, 0.25) is 5.02 Å². The molecule has 0 aromatic heterocycles. The quantitative estimate of drug-likeness (QED) is 0.870. The molecule has 84 valence electrons. The van der Waals surface area contributed by atoms with E-state index in [9.17, 15) is 4.39 Å². The predicted molar refractivity (Wildman–Crippen MR) is 61.8 cm³/mol. The van der Waals surface area contributed by atoms with Crippen molar-refractivity contribution in [1.82, 2.24) is 0 Å². The average Bonchev–Trinajstić information content (AvgIpc) is 3.01. The highest BCUT2D eigenvalue weighted by molar-refractivity contribution is 6.30. The van der Waals surface area contributed by atoms with Crippen molar-refractivity contribution in [2.45, 2.75) is 19.3 Å². The van der Waals surface area contributed by atoms with Gasteiger partial charge in [0.15, 0.2) is 0 Å². The Bertz CT molecular complexity index is 435. The average molecular weight is 239 g/mol. The fourth-order valence-corrected chi connectivity index (χ4v) is 1.85. The molecule has 0 atom stereocenters. The van der Waals surface area contributed by atoms with E-state index >= 15 is 0 Å². The number of rotatable bonds is 4. The molecule has 0 saturated heterocycles. The molecule has 4 heteroatoms. The van der Waals surface area contributed by atoms with Gasteiger partial charge in [0.05, 0.1) is 11.8 Å². The maximum Gasteiger partial charge on any atom is 0.146 e. The molecule has 2 rings (SSSR count). The first-order valence-electron chi connectivity index (χ1n) is 5.21. The van der Waals surface area contributed by atoms with E-state index in [2.05, 4.69) is 11.4 Å². The molecule has 0 radical (unpaired) electrons. The minimum atomic E-state index is -0.308. The number of halogens is 2. The zero-order chi connectivity index (χ0) is 11.6. The number of hydrogen-bond acceptors (Lipinski definition) is 2. The van der Waals surface area contributed by atoms with E-state index in [0.29, 0.717) is 23.7 Å². The Morgan fingerprint density at radius 1 is 1.50 bits per heavy atom. The number of hydrogen-bond donors (Lipinski definition) is 1. The molecule has 1 aliphatic carbocycles. The Kier molecular flexibility index (Phi) is 3.02. The van der Waals surface area contributed by atoms with Crippen molar-refractivity contribution >= 4 is 17.3 Å². The van der Waals surface area contributed by atoms with Crippen LogP contribution in [0.4, 0.5) is 10.1 Å². The van der Waals surface area contributed by atoms with E-state index < -0.39 is 0 Å². The second-order valence-electron chi connectivity index (χ2n) is 4.31. The van der Waals surface area contributed by atoms with Gasteiger partial charge in [-0.25, -0.2) is 4.39 Å². The van der Waals surface area contributed by atoms with Gasteiger partial charge < -0.3 is 5.32 Å². The minimum absolute atomic E-state index is 0.0590. The van der Waals surface area contributed by atoms with Crippen LogP contribution in [0, 0.1) is 22.6 Å². The SMILES string of the molecule is N#CCC1(CNc2cc(Cl)ccc2F)CC1. The van der Waals surface area contributed by atoms with E-state index in [1.54, 1.807) is 6.07 Å². The molecule has 0 unspecified atom stereocenters. The monoisotopic (exact) mass is 238 g/mol. The number of benzene rings is 1. The molecular weight excluding hydrogens is 227 g/mol. The van der Waals surface area contributed by atoms with Crippen molar-refractivity contribution in [3.63, 3.8) is 0 Å². The lowest BCUT2D eigenvalue weighted by Gasteiger charge is -2.14. The molecule has 16 heavy (non-hydrogen) atoms. The van der Waals surface area contributed by atoms with Crippen LogP contribution >= 0.6 is 11.6 Å². The Hall–Kier alpha value is -1.27. The molecule has 0 spiro atoms. The van der Waals surface area contributed by atoms with E-state index in [1.165, 1.54) is 12.1 Å². The highest BCUT2D eigenvalue weighted by atomic mass is 35.5. The van der Waals surface area contributed by atoms with Gasteiger partial charge in [-0.3, -0.25) is 0 Å². The molecule has 1 saturated carbocycles. The Balaban J connectivity index is 2.00. The van der Waals surface area contributed by atoms with Crippen LogP contribution in [0.1, 0.15) is 19.3 Å². The van der Waals surface area contributed by atoms with Crippen LogP contribution in [0.25, 0.3) is 0 Å². The maximum atomic E-state index is 13.4. The molecule has 1 fully saturated rings. The van der Waals surface area contributed by atoms with Gasteiger partial charge in [0.1, 0.15) is 5.82 Å². The first kappa shape index (κ1) is 11.2. The van der Waals surface area contributed by atoms with Crippen molar-refractivity contribution in [1.29, 1.82) is 5.26 Å². The summed E-state index contributed by atoms with van der Waals surface area (Å²) in [4.78, 5) is 0. The summed E-state index contributed by atoms with van der Waals surface area (Å²) in [5.41, 5.74) is 0.473. The molecule has 0 aliphatic heterocycles. The normalized spacial score (nSPS) is 16.6. The second kappa shape index (κ2) is 4.31. The summed E-state index contributed by atoms with van der Waals surface area (Å²) < 4.78 is 13.4. The van der Waals surface area contributed by atoms with Gasteiger partial charge >= 0.3 is 0 Å². The lowest BCUT2D eigenvalue weighted by molar-refractivity contribution is 0.553. The molecule has 0 amide bonds. The van der Waals surface area contributed by atoms with Gasteiger partial charge in [-0.15, -0.1) is 0 Å². The van der Waals surface area contributed by atoms with E-state index in [1.807, 2.05) is 0 Å². The molecule has 1 aliphatic rings. The Labute approximate surface area is 99.0 Å². The van der Waals surface area contributed by atoms with Crippen LogP contribution in [0.5, 0.6) is 0 Å². The van der Waals surface area contributed by atoms with Gasteiger partial charge in [0.2, 0.25) is 0 Å². The van der Waals surface area contributed by atoms with Gasteiger partial charge in [0, 0.05) is 23.4 Å². The number of nitrogens with one attached hydrogen (secondary N) is 1. The third-order valence-electron chi connectivity index (χ3n) is 2.99. The zero-order valence-electron chi connectivity index (χ0n) is 8.76. The molecule has 0 bridgehead atoms. The highest BCUT2D eigenvalue weighted by Crippen LogP contribution is 2.48. The van der Waals surface area contributed by atoms with Crippen LogP contribution in [0.15, 0.2) is 18.2 Å². The summed E-state index contributed by atoms with van der Waals surface area (Å²) >= 11 is 5.78. The lowest BCUT2D eigenvalue weighted by Crippen LogP contribution is -2.15. The van der Waals surface area contributed by atoms with Crippen LogP contribution in [-0.2, 0) is 0 Å². The number of nitriles is 1. The third kappa shape index (κ3) is 2.45. The van der Waals surface area contributed by atoms with Crippen LogP contribution in [0.3, 0.4) is 0 Å². The number of anilines is 1. The van der Waals surface area contributed by atoms with Gasteiger partial charge in [0.25, 0.3) is 0 Å². The molecule has 0 heterocycles. The van der Waals surface area contributed by atoms with Crippen molar-refractivity contribution in [3.05, 3.63) is 29.0 Å². The molecule has 2 nitrogen and oxygen atoms in total. The fraction of sp³-hybridized carbons (Fsp3) is 0.417. The second-order valence-corrected chi connectivity index (χ2v) is 4.75. The predicted octanol–water partition coefficient (Wildman–Crippen LogP) is 3.58. The first-order valence-corrected chi connectivity index (χ1v) is 5.59. The summed E-state index contributed by atoms with van der Waals surface area (Å²) in [7, 11) is 0. The summed E-state index contributed by atoms with van der Waals surface area (Å²) in [6, 6.07) is 6.60. The topological polar surface area (TPSA) is 35.8 Å². The van der Waals surface area contributed by atoms with Crippen molar-refractivity contribution in [3.8, 4) is 6.07 Å². The molecular formula is C12H12ClFN2. The summed E-state index contributed by atoms with van der Waals surface area (Å²) in [6.45, 7) is 0.637. The summed E-state index contributed by atoms with van der Waals surface area (Å²) in [6.07, 6.45) is 2.60. The Morgan fingerprint density at radius 2 is 2.25 bits per heavy atom. The van der Waals surface area contributed by atoms with Gasteiger partial charge in [-0.05, 0) is 31.0 Å². The van der Waals surface area contributed by atoms with E-state index in [-0.39, 0.29) is 11.2 Å². The standard InChI is InChI=1S/C12H12ClFN2/c13-9-1-2-10(14)11(7-9)16-8-12(3-4-12)5-6-15/h1-2,7,16H,3-5,8H2.